The summed E-state index contributed by atoms with van der Waals surface area (Å²) in [5.41, 5.74) is 1.83. The SMILES string of the molecule is COc1ccc2c(O[C@@H]3C[C@H]4C(=O)N[C@]5(C(=O)NS(=O)(=O)C6(C)CC6)C[C@@H]5/C=C\CCCCC[C@H](NCc5ccccc5)C(=O)N4C3)cc(-c3ccccc3)nc2c1. The largest absolute Gasteiger partial charge is 0.497 e. The third-order valence-electron chi connectivity index (χ3n) is 12.2. The summed E-state index contributed by atoms with van der Waals surface area (Å²) in [6.45, 7) is 2.21. The zero-order valence-corrected chi connectivity index (χ0v) is 33.8. The van der Waals surface area contributed by atoms with Gasteiger partial charge in [-0.2, -0.15) is 0 Å². The van der Waals surface area contributed by atoms with Crippen LogP contribution in [-0.2, 0) is 31.0 Å². The lowest BCUT2D eigenvalue weighted by Gasteiger charge is -2.30. The minimum absolute atomic E-state index is 0.121. The second-order valence-electron chi connectivity index (χ2n) is 16.4. The maximum atomic E-state index is 14.8. The van der Waals surface area contributed by atoms with Gasteiger partial charge in [-0.1, -0.05) is 85.7 Å². The molecule has 3 N–H and O–H groups in total. The minimum Gasteiger partial charge on any atom is -0.497 e. The van der Waals surface area contributed by atoms with Crippen LogP contribution in [0, 0.1) is 5.92 Å². The Bertz CT molecular complexity index is 2320. The molecule has 0 unspecified atom stereocenters. The predicted molar refractivity (Wildman–Crippen MR) is 221 cm³/mol. The molecule has 3 amide bonds. The van der Waals surface area contributed by atoms with Crippen LogP contribution in [-0.4, -0.2) is 78.2 Å². The zero-order chi connectivity index (χ0) is 40.5. The Morgan fingerprint density at radius 1 is 0.983 bits per heavy atom. The Labute approximate surface area is 339 Å². The minimum atomic E-state index is -3.96. The highest BCUT2D eigenvalue weighted by Crippen LogP contribution is 2.47. The maximum absolute atomic E-state index is 14.8. The molecule has 13 heteroatoms. The van der Waals surface area contributed by atoms with Gasteiger partial charge in [0.05, 0.1) is 35.7 Å². The average molecular weight is 806 g/mol. The first-order valence-electron chi connectivity index (χ1n) is 20.3. The van der Waals surface area contributed by atoms with Crippen molar-refractivity contribution in [2.45, 2.75) is 99.7 Å². The fourth-order valence-electron chi connectivity index (χ4n) is 8.18. The van der Waals surface area contributed by atoms with E-state index in [1.54, 1.807) is 18.9 Å². The van der Waals surface area contributed by atoms with Crippen LogP contribution in [0.5, 0.6) is 11.5 Å². The van der Waals surface area contributed by atoms with Gasteiger partial charge in [0.1, 0.15) is 29.2 Å². The molecule has 0 bridgehead atoms. The molecule has 4 aliphatic rings. The fourth-order valence-corrected chi connectivity index (χ4v) is 9.49. The second-order valence-corrected chi connectivity index (χ2v) is 18.6. The summed E-state index contributed by atoms with van der Waals surface area (Å²) in [5, 5.41) is 7.23. The van der Waals surface area contributed by atoms with Crippen LogP contribution >= 0.6 is 0 Å². The monoisotopic (exact) mass is 805 g/mol. The molecule has 2 aliphatic heterocycles. The number of hydrogen-bond acceptors (Lipinski definition) is 9. The first-order chi connectivity index (χ1) is 28.0. The lowest BCUT2D eigenvalue weighted by molar-refractivity contribution is -0.141. The number of benzene rings is 3. The summed E-state index contributed by atoms with van der Waals surface area (Å²) in [6, 6.07) is 25.5. The quantitative estimate of drug-likeness (QED) is 0.169. The number of hydrogen-bond donors (Lipinski definition) is 3. The van der Waals surface area contributed by atoms with Gasteiger partial charge in [-0.3, -0.25) is 19.1 Å². The Balaban J connectivity index is 1.12. The van der Waals surface area contributed by atoms with Crippen molar-refractivity contribution in [1.29, 1.82) is 0 Å². The number of fused-ring (bicyclic) bond motifs is 3. The Kier molecular flexibility index (Phi) is 11.0. The summed E-state index contributed by atoms with van der Waals surface area (Å²) < 4.78 is 40.1. The number of methoxy groups -OCH3 is 1. The molecule has 12 nitrogen and oxygen atoms in total. The van der Waals surface area contributed by atoms with Crippen molar-refractivity contribution in [3.63, 3.8) is 0 Å². The van der Waals surface area contributed by atoms with E-state index in [0.29, 0.717) is 48.5 Å². The molecule has 1 saturated heterocycles. The van der Waals surface area contributed by atoms with Crippen LogP contribution in [0.2, 0.25) is 0 Å². The summed E-state index contributed by atoms with van der Waals surface area (Å²) in [7, 11) is -2.36. The van der Waals surface area contributed by atoms with Crippen LogP contribution < -0.4 is 24.8 Å². The van der Waals surface area contributed by atoms with Crippen LogP contribution in [0.3, 0.4) is 0 Å². The number of allylic oxidation sites excluding steroid dienone is 1. The molecular weight excluding hydrogens is 755 g/mol. The van der Waals surface area contributed by atoms with E-state index in [1.807, 2.05) is 97.1 Å². The standard InChI is InChI=1S/C45H51N5O7S/c1-44(22-23-44)58(54,55)49-43(53)45-27-32(45)18-12-4-3-5-13-19-36(46-28-30-14-8-6-9-15-30)42(52)50-29-34(25-39(50)41(51)48-45)57-40-26-37(31-16-10-7-11-17-31)47-38-24-33(56-2)20-21-35(38)40/h6-12,14-18,20-21,24,26,32,34,36,39,46H,3-5,13,19,22-23,25,27-29H2,1-2H3,(H,48,51)(H,49,53)/b18-12-/t32-,34+,36-,39-,45+/m0/s1. The van der Waals surface area contributed by atoms with Gasteiger partial charge in [-0.05, 0) is 63.1 Å². The first-order valence-corrected chi connectivity index (χ1v) is 21.8. The van der Waals surface area contributed by atoms with Gasteiger partial charge >= 0.3 is 0 Å². The summed E-state index contributed by atoms with van der Waals surface area (Å²) in [4.78, 5) is 49.9. The van der Waals surface area contributed by atoms with E-state index in [-0.39, 0.29) is 25.3 Å². The molecule has 3 heterocycles. The van der Waals surface area contributed by atoms with Gasteiger partial charge in [0, 0.05) is 42.0 Å². The molecule has 8 rings (SSSR count). The Hall–Kier alpha value is -5.27. The molecule has 5 atom stereocenters. The number of sulfonamides is 1. The maximum Gasteiger partial charge on any atom is 0.259 e. The van der Waals surface area contributed by atoms with Crippen molar-refractivity contribution in [3.8, 4) is 22.8 Å². The van der Waals surface area contributed by atoms with Gasteiger partial charge in [0.25, 0.3) is 5.91 Å². The van der Waals surface area contributed by atoms with Crippen LogP contribution in [0.4, 0.5) is 0 Å². The number of aromatic nitrogens is 1. The summed E-state index contributed by atoms with van der Waals surface area (Å²) in [6.07, 6.45) is 8.61. The summed E-state index contributed by atoms with van der Waals surface area (Å²) in [5.74, 6) is -0.687. The van der Waals surface area contributed by atoms with Gasteiger partial charge in [0.15, 0.2) is 0 Å². The molecular formula is C45H51N5O7S. The smallest absolute Gasteiger partial charge is 0.259 e. The molecule has 2 aliphatic carbocycles. The molecule has 2 saturated carbocycles. The second kappa shape index (κ2) is 16.2. The third-order valence-corrected chi connectivity index (χ3v) is 14.4. The highest BCUT2D eigenvalue weighted by molar-refractivity contribution is 7.91. The first kappa shape index (κ1) is 39.6. The number of nitrogens with zero attached hydrogens (tertiary/aromatic N) is 2. The van der Waals surface area contributed by atoms with Gasteiger partial charge in [-0.25, -0.2) is 13.4 Å². The Morgan fingerprint density at radius 2 is 1.74 bits per heavy atom. The van der Waals surface area contributed by atoms with Crippen LogP contribution in [0.15, 0.2) is 97.1 Å². The molecule has 0 spiro atoms. The van der Waals surface area contributed by atoms with E-state index in [0.717, 1.165) is 42.2 Å². The van der Waals surface area contributed by atoms with Crippen molar-refractivity contribution in [2.24, 2.45) is 5.92 Å². The van der Waals surface area contributed by atoms with Gasteiger partial charge < -0.3 is 25.0 Å². The predicted octanol–water partition coefficient (Wildman–Crippen LogP) is 5.81. The van der Waals surface area contributed by atoms with Crippen molar-refractivity contribution < 1.29 is 32.3 Å². The molecule has 4 aromatic rings. The normalized spacial score (nSPS) is 26.3. The summed E-state index contributed by atoms with van der Waals surface area (Å²) >= 11 is 0. The number of carbonyl (C=O) groups is 3. The van der Waals surface area contributed by atoms with E-state index in [4.69, 9.17) is 14.5 Å². The van der Waals surface area contributed by atoms with E-state index in [1.165, 1.54) is 0 Å². The molecule has 0 radical (unpaired) electrons. The highest BCUT2D eigenvalue weighted by Gasteiger charge is 2.63. The fraction of sp³-hybridized carbons (Fsp3) is 0.422. The molecule has 3 fully saturated rings. The van der Waals surface area contributed by atoms with Crippen molar-refractivity contribution in [3.05, 3.63) is 103 Å². The van der Waals surface area contributed by atoms with Crippen molar-refractivity contribution >= 4 is 38.6 Å². The Morgan fingerprint density at radius 3 is 2.48 bits per heavy atom. The van der Waals surface area contributed by atoms with E-state index < -0.39 is 56.2 Å². The number of carbonyl (C=O) groups excluding carboxylic acids is 3. The van der Waals surface area contributed by atoms with Crippen molar-refractivity contribution in [2.75, 3.05) is 13.7 Å². The topological polar surface area (TPSA) is 156 Å². The number of pyridine rings is 1. The molecule has 304 valence electrons. The van der Waals surface area contributed by atoms with Crippen LogP contribution in [0.1, 0.15) is 70.3 Å². The highest BCUT2D eigenvalue weighted by atomic mass is 32.2. The number of ether oxygens (including phenoxy) is 2. The van der Waals surface area contributed by atoms with Crippen molar-refractivity contribution in [1.82, 2.24) is 25.2 Å². The van der Waals surface area contributed by atoms with E-state index in [2.05, 4.69) is 15.4 Å². The average Bonchev–Trinajstić information content (AvgIpc) is 4.11. The van der Waals surface area contributed by atoms with E-state index >= 15 is 0 Å². The molecule has 58 heavy (non-hydrogen) atoms. The molecule has 1 aromatic heterocycles. The van der Waals surface area contributed by atoms with Gasteiger partial charge in [0.2, 0.25) is 21.8 Å². The lowest BCUT2D eigenvalue weighted by Crippen LogP contribution is -2.58. The zero-order valence-electron chi connectivity index (χ0n) is 33.0. The van der Waals surface area contributed by atoms with Gasteiger partial charge in [-0.15, -0.1) is 0 Å². The van der Waals surface area contributed by atoms with Crippen LogP contribution in [0.25, 0.3) is 22.2 Å². The number of amides is 3. The lowest BCUT2D eigenvalue weighted by atomic mass is 10.0. The number of nitrogens with one attached hydrogen (secondary N) is 3. The number of rotatable bonds is 10. The molecule has 3 aromatic carbocycles. The van der Waals surface area contributed by atoms with E-state index in [9.17, 15) is 22.8 Å². The third kappa shape index (κ3) is 8.20.